The smallest absolute Gasteiger partial charge is 0.417 e. The van der Waals surface area contributed by atoms with Crippen LogP contribution in [0.1, 0.15) is 21.5 Å². The lowest BCUT2D eigenvalue weighted by Gasteiger charge is -2.14. The summed E-state index contributed by atoms with van der Waals surface area (Å²) in [4.78, 5) is 23.8. The van der Waals surface area contributed by atoms with Crippen molar-refractivity contribution < 1.29 is 32.6 Å². The summed E-state index contributed by atoms with van der Waals surface area (Å²) in [6.45, 7) is 0. The van der Waals surface area contributed by atoms with Crippen LogP contribution in [0, 0.1) is 0 Å². The number of carbonyl (C=O) groups excluding carboxylic acids is 1. The number of carboxylic acid groups (broad SMARTS) is 1. The molecule has 0 radical (unpaired) electrons. The molecule has 0 heterocycles. The van der Waals surface area contributed by atoms with E-state index in [4.69, 9.17) is 16.3 Å². The molecule has 2 N–H and O–H groups in total. The van der Waals surface area contributed by atoms with Gasteiger partial charge in [0.15, 0.2) is 0 Å². The minimum atomic E-state index is -4.82. The van der Waals surface area contributed by atoms with Gasteiger partial charge in [0.1, 0.15) is 17.2 Å². The molecule has 0 aliphatic heterocycles. The van der Waals surface area contributed by atoms with Gasteiger partial charge >= 0.3 is 12.1 Å². The number of carboxylic acids is 1. The Labute approximate surface area is 185 Å². The Morgan fingerprint density at radius 3 is 2.25 bits per heavy atom. The molecule has 3 aromatic carbocycles. The number of hydrogen-bond acceptors (Lipinski definition) is 3. The number of amides is 1. The monoisotopic (exact) mass is 461 g/mol. The average Bonchev–Trinajstić information content (AvgIpc) is 2.75. The topological polar surface area (TPSA) is 75.6 Å². The maximum atomic E-state index is 13.7. The van der Waals surface area contributed by atoms with Crippen LogP contribution in [0.25, 0.3) is 6.08 Å². The van der Waals surface area contributed by atoms with Crippen LogP contribution in [0.15, 0.2) is 78.5 Å². The summed E-state index contributed by atoms with van der Waals surface area (Å²) in [5, 5.41) is 11.7. The molecule has 0 spiro atoms. The van der Waals surface area contributed by atoms with E-state index < -0.39 is 34.9 Å². The van der Waals surface area contributed by atoms with Crippen molar-refractivity contribution in [1.82, 2.24) is 5.32 Å². The van der Waals surface area contributed by atoms with Crippen molar-refractivity contribution in [3.05, 3.63) is 100 Å². The highest BCUT2D eigenvalue weighted by Crippen LogP contribution is 2.37. The number of carbonyl (C=O) groups is 2. The number of aliphatic carboxylic acids is 1. The third-order valence-corrected chi connectivity index (χ3v) is 4.52. The largest absolute Gasteiger partial charge is 0.477 e. The zero-order valence-corrected chi connectivity index (χ0v) is 16.9. The van der Waals surface area contributed by atoms with Crippen molar-refractivity contribution in [2.45, 2.75) is 6.18 Å². The van der Waals surface area contributed by atoms with E-state index in [1.165, 1.54) is 30.3 Å². The summed E-state index contributed by atoms with van der Waals surface area (Å²) in [6.07, 6.45) is -4.08. The minimum Gasteiger partial charge on any atom is -0.477 e. The fourth-order valence-corrected chi connectivity index (χ4v) is 2.89. The lowest BCUT2D eigenvalue weighted by molar-refractivity contribution is -0.138. The Balaban J connectivity index is 1.97. The second kappa shape index (κ2) is 9.57. The van der Waals surface area contributed by atoms with Crippen LogP contribution < -0.4 is 10.1 Å². The molecule has 9 heteroatoms. The molecular weight excluding hydrogens is 447 g/mol. The molecule has 1 amide bonds. The summed E-state index contributed by atoms with van der Waals surface area (Å²) < 4.78 is 46.5. The first-order chi connectivity index (χ1) is 15.1. The standard InChI is InChI=1S/C23H15ClF3NO4/c24-18-8-4-5-9-20(18)32-16-11-10-15(17(13-16)23(25,26)27)12-19(22(30)31)28-21(29)14-6-2-1-3-7-14/h1-13H,(H,28,29)(H,30,31)/b19-12+. The summed E-state index contributed by atoms with van der Waals surface area (Å²) in [5.74, 6) is -2.36. The third kappa shape index (κ3) is 5.67. The molecule has 0 aromatic heterocycles. The predicted molar refractivity (Wildman–Crippen MR) is 112 cm³/mol. The van der Waals surface area contributed by atoms with E-state index in [-0.39, 0.29) is 22.1 Å². The van der Waals surface area contributed by atoms with Crippen LogP contribution in [0.2, 0.25) is 5.02 Å². The minimum absolute atomic E-state index is 0.146. The van der Waals surface area contributed by atoms with E-state index in [1.54, 1.807) is 30.3 Å². The van der Waals surface area contributed by atoms with Crippen LogP contribution >= 0.6 is 11.6 Å². The molecule has 3 aromatic rings. The molecule has 3 rings (SSSR count). The predicted octanol–water partition coefficient (Wildman–Crippen LogP) is 6.01. The van der Waals surface area contributed by atoms with Gasteiger partial charge in [-0.1, -0.05) is 48.0 Å². The van der Waals surface area contributed by atoms with Crippen molar-refractivity contribution >= 4 is 29.6 Å². The number of ether oxygens (including phenoxy) is 1. The Hall–Kier alpha value is -3.78. The molecule has 164 valence electrons. The van der Waals surface area contributed by atoms with Crippen LogP contribution in [0.3, 0.4) is 0 Å². The highest BCUT2D eigenvalue weighted by molar-refractivity contribution is 6.32. The lowest BCUT2D eigenvalue weighted by atomic mass is 10.0. The maximum absolute atomic E-state index is 13.7. The number of halogens is 4. The van der Waals surface area contributed by atoms with Crippen molar-refractivity contribution in [2.24, 2.45) is 0 Å². The molecule has 0 saturated heterocycles. The first-order valence-electron chi connectivity index (χ1n) is 9.10. The number of rotatable bonds is 6. The number of para-hydroxylation sites is 1. The van der Waals surface area contributed by atoms with E-state index in [0.717, 1.165) is 18.2 Å². The third-order valence-electron chi connectivity index (χ3n) is 4.21. The normalized spacial score (nSPS) is 11.7. The van der Waals surface area contributed by atoms with E-state index >= 15 is 0 Å². The van der Waals surface area contributed by atoms with E-state index in [9.17, 15) is 27.9 Å². The number of nitrogens with one attached hydrogen (secondary N) is 1. The fraction of sp³-hybridized carbons (Fsp3) is 0.0435. The zero-order chi connectivity index (χ0) is 23.3. The first kappa shape index (κ1) is 22.9. The van der Waals surface area contributed by atoms with Gasteiger partial charge in [-0.15, -0.1) is 0 Å². The molecule has 5 nitrogen and oxygen atoms in total. The molecule has 0 aliphatic rings. The molecule has 0 atom stereocenters. The average molecular weight is 462 g/mol. The van der Waals surface area contributed by atoms with Crippen LogP contribution in [0.5, 0.6) is 11.5 Å². The van der Waals surface area contributed by atoms with Crippen LogP contribution in [-0.2, 0) is 11.0 Å². The Bertz CT molecular complexity index is 1180. The van der Waals surface area contributed by atoms with Crippen LogP contribution in [-0.4, -0.2) is 17.0 Å². The number of hydrogen-bond donors (Lipinski definition) is 2. The molecule has 0 unspecified atom stereocenters. The molecular formula is C23H15ClF3NO4. The van der Waals surface area contributed by atoms with Gasteiger partial charge in [-0.25, -0.2) is 4.79 Å². The second-order valence-corrected chi connectivity index (χ2v) is 6.87. The molecule has 0 saturated carbocycles. The van der Waals surface area contributed by atoms with Gasteiger partial charge in [-0.2, -0.15) is 13.2 Å². The Morgan fingerprint density at radius 2 is 1.62 bits per heavy atom. The van der Waals surface area contributed by atoms with E-state index in [0.29, 0.717) is 0 Å². The highest BCUT2D eigenvalue weighted by Gasteiger charge is 2.34. The molecule has 32 heavy (non-hydrogen) atoms. The van der Waals surface area contributed by atoms with Gasteiger partial charge < -0.3 is 15.2 Å². The van der Waals surface area contributed by atoms with E-state index in [2.05, 4.69) is 5.32 Å². The SMILES string of the molecule is O=C(O)/C(=C\c1ccc(Oc2ccccc2Cl)cc1C(F)(F)F)NC(=O)c1ccccc1. The number of alkyl halides is 3. The van der Waals surface area contributed by atoms with Gasteiger partial charge in [0.25, 0.3) is 5.91 Å². The van der Waals surface area contributed by atoms with Crippen molar-refractivity contribution in [1.29, 1.82) is 0 Å². The Morgan fingerprint density at radius 1 is 0.969 bits per heavy atom. The van der Waals surface area contributed by atoms with Crippen molar-refractivity contribution in [3.63, 3.8) is 0 Å². The molecule has 0 fully saturated rings. The molecule has 0 aliphatic carbocycles. The highest BCUT2D eigenvalue weighted by atomic mass is 35.5. The summed E-state index contributed by atoms with van der Waals surface area (Å²) in [5.41, 5.74) is -2.17. The number of benzene rings is 3. The maximum Gasteiger partial charge on any atom is 0.417 e. The summed E-state index contributed by atoms with van der Waals surface area (Å²) in [7, 11) is 0. The summed E-state index contributed by atoms with van der Waals surface area (Å²) >= 11 is 5.98. The second-order valence-electron chi connectivity index (χ2n) is 6.46. The molecule has 0 bridgehead atoms. The van der Waals surface area contributed by atoms with Gasteiger partial charge in [0, 0.05) is 5.56 Å². The van der Waals surface area contributed by atoms with Gasteiger partial charge in [0.05, 0.1) is 10.6 Å². The quantitative estimate of drug-likeness (QED) is 0.441. The van der Waals surface area contributed by atoms with Gasteiger partial charge in [-0.3, -0.25) is 4.79 Å². The first-order valence-corrected chi connectivity index (χ1v) is 9.48. The van der Waals surface area contributed by atoms with Crippen LogP contribution in [0.4, 0.5) is 13.2 Å². The van der Waals surface area contributed by atoms with Crippen molar-refractivity contribution in [3.8, 4) is 11.5 Å². The van der Waals surface area contributed by atoms with E-state index in [1.807, 2.05) is 0 Å². The Kier molecular flexibility index (Phi) is 6.85. The van der Waals surface area contributed by atoms with Gasteiger partial charge in [0.2, 0.25) is 0 Å². The summed E-state index contributed by atoms with van der Waals surface area (Å²) in [6, 6.07) is 17.0. The lowest BCUT2D eigenvalue weighted by Crippen LogP contribution is -2.27. The van der Waals surface area contributed by atoms with Gasteiger partial charge in [-0.05, 0) is 48.0 Å². The fourth-order valence-electron chi connectivity index (χ4n) is 2.72. The zero-order valence-electron chi connectivity index (χ0n) is 16.2. The van der Waals surface area contributed by atoms with Crippen molar-refractivity contribution in [2.75, 3.05) is 0 Å².